The minimum Gasteiger partial charge on any atom is -0.506 e. The maximum absolute atomic E-state index is 13.2. The van der Waals surface area contributed by atoms with Gasteiger partial charge in [0, 0.05) is 30.7 Å². The van der Waals surface area contributed by atoms with Crippen molar-refractivity contribution in [2.45, 2.75) is 29.6 Å². The molecule has 15 nitrogen and oxygen atoms in total. The number of fused-ring (bicyclic) bond motifs is 1. The Balaban J connectivity index is 1.48. The number of nitrogens with one attached hydrogen (secondary N) is 1. The highest BCUT2D eigenvalue weighted by molar-refractivity contribution is 8.00. The van der Waals surface area contributed by atoms with Crippen LogP contribution in [-0.2, 0) is 31.1 Å². The largest absolute Gasteiger partial charge is 0.506 e. The second-order valence-electron chi connectivity index (χ2n) is 8.77. The molecule has 18 heteroatoms. The first kappa shape index (κ1) is 28.4. The van der Waals surface area contributed by atoms with Gasteiger partial charge in [-0.2, -0.15) is 0 Å². The second kappa shape index (κ2) is 11.3. The lowest BCUT2D eigenvalue weighted by Crippen LogP contribution is -2.74. The van der Waals surface area contributed by atoms with Crippen LogP contribution in [0.1, 0.15) is 12.5 Å². The normalized spacial score (nSPS) is 23.4. The van der Waals surface area contributed by atoms with E-state index in [1.807, 2.05) is 0 Å². The molecule has 208 valence electrons. The van der Waals surface area contributed by atoms with Gasteiger partial charge < -0.3 is 30.4 Å². The molecule has 2 fully saturated rings. The molecule has 2 aliphatic rings. The average molecular weight is 600 g/mol. The molecule has 2 aromatic rings. The number of benzene rings is 1. The first-order valence-corrected chi connectivity index (χ1v) is 13.6. The van der Waals surface area contributed by atoms with E-state index in [1.54, 1.807) is 7.05 Å². The van der Waals surface area contributed by atoms with Crippen LogP contribution in [0.2, 0.25) is 5.02 Å². The molecule has 3 heterocycles. The highest BCUT2D eigenvalue weighted by Crippen LogP contribution is 2.44. The van der Waals surface area contributed by atoms with Gasteiger partial charge in [0.15, 0.2) is 5.71 Å². The summed E-state index contributed by atoms with van der Waals surface area (Å²) in [6.07, 6.45) is -1.38. The third kappa shape index (κ3) is 5.74. The highest BCUT2D eigenvalue weighted by Gasteiger charge is 2.57. The number of carbonyl (C=O) groups is 4. The third-order valence-corrected chi connectivity index (χ3v) is 9.22. The molecular formula is C21H22ClN7O8S2. The first-order valence-electron chi connectivity index (χ1n) is 11.2. The Kier molecular flexibility index (Phi) is 8.22. The number of carbonyl (C=O) groups excluding carboxylic acids is 2. The molecule has 0 saturated carbocycles. The smallest absolute Gasteiger partial charge is 0.347 e. The fourth-order valence-corrected chi connectivity index (χ4v) is 6.61. The van der Waals surface area contributed by atoms with Crippen LogP contribution >= 0.6 is 35.1 Å². The van der Waals surface area contributed by atoms with Gasteiger partial charge in [-0.3, -0.25) is 14.4 Å². The molecule has 0 bridgehead atoms. The zero-order chi connectivity index (χ0) is 28.5. The molecule has 4 N–H and O–H groups in total. The lowest BCUT2D eigenvalue weighted by molar-refractivity contribution is -0.157. The maximum atomic E-state index is 13.2. The second-order valence-corrected chi connectivity index (χ2v) is 11.2. The number of aromatic hydroxyl groups is 1. The topological polar surface area (TPSA) is 209 Å². The van der Waals surface area contributed by atoms with Gasteiger partial charge >= 0.3 is 11.9 Å². The molecule has 2 saturated heterocycles. The van der Waals surface area contributed by atoms with Crippen LogP contribution in [0.15, 0.2) is 28.5 Å². The number of aryl methyl sites for hydroxylation is 1. The van der Waals surface area contributed by atoms with Gasteiger partial charge in [0.2, 0.25) is 17.2 Å². The minimum atomic E-state index is -1.38. The van der Waals surface area contributed by atoms with E-state index in [9.17, 15) is 29.4 Å². The summed E-state index contributed by atoms with van der Waals surface area (Å²) in [6, 6.07) is 2.79. The number of rotatable bonds is 10. The molecule has 4 atom stereocenters. The van der Waals surface area contributed by atoms with Crippen LogP contribution in [0.4, 0.5) is 0 Å². The van der Waals surface area contributed by atoms with Crippen molar-refractivity contribution in [2.24, 2.45) is 17.6 Å². The Hall–Kier alpha value is -3.57. The average Bonchev–Trinajstić information content (AvgIpc) is 3.32. The highest BCUT2D eigenvalue weighted by atomic mass is 35.5. The number of aromatic nitrogens is 4. The van der Waals surface area contributed by atoms with E-state index in [4.69, 9.17) is 21.5 Å². The number of hydrogen-bond acceptors (Lipinski definition) is 12. The van der Waals surface area contributed by atoms with Gasteiger partial charge in [0.1, 0.15) is 22.6 Å². The van der Waals surface area contributed by atoms with Crippen molar-refractivity contribution >= 4 is 64.6 Å². The van der Waals surface area contributed by atoms with Crippen LogP contribution in [0.25, 0.3) is 0 Å². The molecule has 0 spiro atoms. The predicted octanol–water partition coefficient (Wildman–Crippen LogP) is 0.0261. The Bertz CT molecular complexity index is 1360. The van der Waals surface area contributed by atoms with E-state index in [1.165, 1.54) is 58.2 Å². The summed E-state index contributed by atoms with van der Waals surface area (Å²) in [5, 5.41) is 46.0. The molecule has 0 aliphatic carbocycles. The molecule has 39 heavy (non-hydrogen) atoms. The third-order valence-electron chi connectivity index (χ3n) is 6.03. The van der Waals surface area contributed by atoms with Crippen LogP contribution in [0.5, 0.6) is 5.75 Å². The Morgan fingerprint density at radius 2 is 2.13 bits per heavy atom. The number of hydrogen-bond donors (Lipinski definition) is 4. The van der Waals surface area contributed by atoms with Crippen LogP contribution in [-0.4, -0.2) is 105 Å². The lowest BCUT2D eigenvalue weighted by atomic mass is 9.89. The number of carboxylic acids is 2. The Morgan fingerprint density at radius 3 is 2.74 bits per heavy atom. The summed E-state index contributed by atoms with van der Waals surface area (Å²) in [6.45, 7) is 1.14. The molecule has 2 aliphatic heterocycles. The zero-order valence-electron chi connectivity index (χ0n) is 20.3. The number of amides is 2. The van der Waals surface area contributed by atoms with Crippen molar-refractivity contribution in [1.29, 1.82) is 0 Å². The summed E-state index contributed by atoms with van der Waals surface area (Å²) >= 11 is 8.33. The molecule has 0 radical (unpaired) electrons. The van der Waals surface area contributed by atoms with E-state index in [0.717, 1.165) is 0 Å². The monoisotopic (exact) mass is 599 g/mol. The van der Waals surface area contributed by atoms with Gasteiger partial charge in [-0.05, 0) is 35.5 Å². The van der Waals surface area contributed by atoms with Crippen molar-refractivity contribution in [2.75, 3.05) is 18.1 Å². The number of carboxylic acid groups (broad SMARTS) is 2. The molecule has 1 aromatic heterocycles. The van der Waals surface area contributed by atoms with Crippen molar-refractivity contribution in [1.82, 2.24) is 30.4 Å². The summed E-state index contributed by atoms with van der Waals surface area (Å²) < 4.78 is 1.42. The Morgan fingerprint density at radius 1 is 1.38 bits per heavy atom. The van der Waals surface area contributed by atoms with Gasteiger partial charge in [-0.25, -0.2) is 9.48 Å². The fourth-order valence-electron chi connectivity index (χ4n) is 3.72. The predicted molar refractivity (Wildman–Crippen MR) is 137 cm³/mol. The van der Waals surface area contributed by atoms with E-state index in [-0.39, 0.29) is 40.1 Å². The van der Waals surface area contributed by atoms with Crippen LogP contribution in [0, 0.1) is 5.41 Å². The van der Waals surface area contributed by atoms with E-state index < -0.39 is 46.7 Å². The minimum absolute atomic E-state index is 0.0722. The number of thioether (sulfide) groups is 2. The lowest BCUT2D eigenvalue weighted by Gasteiger charge is -2.53. The summed E-state index contributed by atoms with van der Waals surface area (Å²) in [4.78, 5) is 55.9. The number of tetrazole rings is 1. The van der Waals surface area contributed by atoms with Gasteiger partial charge in [0.25, 0.3) is 5.91 Å². The molecule has 4 rings (SSSR count). The number of phenols is 1. The van der Waals surface area contributed by atoms with Crippen LogP contribution < -0.4 is 5.32 Å². The number of oxime groups is 1. The van der Waals surface area contributed by atoms with Gasteiger partial charge in [-0.1, -0.05) is 28.5 Å². The Labute approximate surface area is 233 Å². The number of β-lactam (4-membered cyclic amide) rings is 1. The fraction of sp³-hybridized carbons (Fsp3) is 0.429. The van der Waals surface area contributed by atoms with Crippen molar-refractivity contribution in [3.05, 3.63) is 28.8 Å². The van der Waals surface area contributed by atoms with Gasteiger partial charge in [0.05, 0.1) is 5.02 Å². The molecule has 3 unspecified atom stereocenters. The quantitative estimate of drug-likeness (QED) is 0.123. The van der Waals surface area contributed by atoms with Crippen molar-refractivity contribution in [3.63, 3.8) is 0 Å². The summed E-state index contributed by atoms with van der Waals surface area (Å²) in [7, 11) is 1.63. The number of phenolic OH excluding ortho intramolecular Hbond substituents is 1. The van der Waals surface area contributed by atoms with Gasteiger partial charge in [-0.15, -0.1) is 16.9 Å². The molecular weight excluding hydrogens is 578 g/mol. The van der Waals surface area contributed by atoms with E-state index in [0.29, 0.717) is 5.16 Å². The summed E-state index contributed by atoms with van der Waals surface area (Å²) in [5.41, 5.74) is -1.53. The maximum Gasteiger partial charge on any atom is 0.347 e. The number of halogens is 1. The zero-order valence-corrected chi connectivity index (χ0v) is 22.7. The van der Waals surface area contributed by atoms with Crippen molar-refractivity contribution < 1.29 is 39.3 Å². The standard InChI is InChI=1S/C21H22ClN7O8S2/c1-9(18(33)34)37-25-13(10-3-4-12(30)11(22)5-10)15(31)23-14-16(32)29-6-21(19(35)36,7-38-17(14)29)8-39-20-24-26-27-28(20)2/h3-5,9,14,17,30H,6-8H2,1-2H3,(H,23,31)(H,33,34)(H,35,36)/t9?,14?,17-,21?/m1/s1. The van der Waals surface area contributed by atoms with Crippen molar-refractivity contribution in [3.8, 4) is 5.75 Å². The molecule has 1 aromatic carbocycles. The SMILES string of the molecule is CC(ON=C(C(=O)NC1C(=O)N2CC(CSc3nnnn3C)(C(=O)O)CS[C@H]12)c1ccc(O)c(Cl)c1)C(=O)O. The number of aliphatic carboxylic acids is 2. The van der Waals surface area contributed by atoms with Crippen LogP contribution in [0.3, 0.4) is 0 Å². The molecule has 2 amide bonds. The first-order chi connectivity index (χ1) is 18.4. The number of nitrogens with zero attached hydrogens (tertiary/aromatic N) is 6. The van der Waals surface area contributed by atoms with E-state index in [2.05, 4.69) is 26.0 Å². The van der Waals surface area contributed by atoms with E-state index >= 15 is 0 Å². The summed E-state index contributed by atoms with van der Waals surface area (Å²) in [5.74, 6) is -3.70.